The summed E-state index contributed by atoms with van der Waals surface area (Å²) in [5, 5.41) is 6.26. The first-order valence-corrected chi connectivity index (χ1v) is 5.40. The molecular weight excluding hydrogens is 204 g/mol. The molecule has 0 saturated carbocycles. The Kier molecular flexibility index (Phi) is 4.69. The second-order valence-electron chi connectivity index (χ2n) is 3.97. The summed E-state index contributed by atoms with van der Waals surface area (Å²) in [4.78, 5) is 18.9. The Bertz CT molecular complexity index is 352. The highest BCUT2D eigenvalue weighted by Crippen LogP contribution is 2.09. The molecule has 1 heterocycles. The Morgan fingerprint density at radius 3 is 2.69 bits per heavy atom. The molecule has 0 radical (unpaired) electrons. The first kappa shape index (κ1) is 12.4. The monoisotopic (exact) mass is 222 g/mol. The van der Waals surface area contributed by atoms with Crippen molar-refractivity contribution in [1.29, 1.82) is 0 Å². The number of carbonyl (C=O) groups is 1. The maximum atomic E-state index is 10.8. The molecule has 0 fully saturated rings. The molecule has 0 atom stereocenters. The third kappa shape index (κ3) is 4.72. The molecule has 16 heavy (non-hydrogen) atoms. The number of aromatic nitrogens is 2. The Morgan fingerprint density at radius 1 is 1.38 bits per heavy atom. The van der Waals surface area contributed by atoms with Gasteiger partial charge < -0.3 is 10.6 Å². The van der Waals surface area contributed by atoms with E-state index in [0.717, 1.165) is 11.6 Å². The van der Waals surface area contributed by atoms with Crippen LogP contribution < -0.4 is 10.6 Å². The van der Waals surface area contributed by atoms with Crippen molar-refractivity contribution in [2.24, 2.45) is 0 Å². The normalized spacial score (nSPS) is 10.2. The van der Waals surface area contributed by atoms with E-state index >= 15 is 0 Å². The summed E-state index contributed by atoms with van der Waals surface area (Å²) in [5.41, 5.74) is 0. The van der Waals surface area contributed by atoms with E-state index in [1.807, 2.05) is 19.9 Å². The molecule has 0 bridgehead atoms. The van der Waals surface area contributed by atoms with E-state index in [4.69, 9.17) is 0 Å². The van der Waals surface area contributed by atoms with Crippen LogP contribution in [0, 0.1) is 0 Å². The van der Waals surface area contributed by atoms with Crippen LogP contribution in [-0.2, 0) is 4.79 Å². The van der Waals surface area contributed by atoms with Gasteiger partial charge in [-0.2, -0.15) is 0 Å². The minimum atomic E-state index is 0.169. The number of nitrogens with zero attached hydrogens (tertiary/aromatic N) is 2. The summed E-state index contributed by atoms with van der Waals surface area (Å²) in [5.74, 6) is 1.69. The van der Waals surface area contributed by atoms with Gasteiger partial charge in [-0.15, -0.1) is 0 Å². The predicted molar refractivity (Wildman–Crippen MR) is 64.6 cm³/mol. The minimum Gasteiger partial charge on any atom is -0.369 e. The summed E-state index contributed by atoms with van der Waals surface area (Å²) in [7, 11) is 0. The maximum Gasteiger partial charge on any atom is 0.131 e. The van der Waals surface area contributed by atoms with Gasteiger partial charge in [0.2, 0.25) is 0 Å². The fourth-order valence-corrected chi connectivity index (χ4v) is 1.20. The van der Waals surface area contributed by atoms with Gasteiger partial charge in [-0.1, -0.05) is 0 Å². The maximum absolute atomic E-state index is 10.8. The zero-order valence-electron chi connectivity index (χ0n) is 9.95. The fraction of sp³-hybridized carbons (Fsp3) is 0.545. The van der Waals surface area contributed by atoms with Crippen molar-refractivity contribution in [3.63, 3.8) is 0 Å². The van der Waals surface area contributed by atoms with Gasteiger partial charge in [-0.3, -0.25) is 4.79 Å². The van der Waals surface area contributed by atoms with E-state index in [1.54, 1.807) is 6.92 Å². The number of hydrogen-bond donors (Lipinski definition) is 2. The smallest absolute Gasteiger partial charge is 0.131 e. The van der Waals surface area contributed by atoms with Crippen LogP contribution in [0.25, 0.3) is 0 Å². The number of hydrogen-bond acceptors (Lipinski definition) is 5. The van der Waals surface area contributed by atoms with E-state index in [-0.39, 0.29) is 5.78 Å². The molecule has 0 unspecified atom stereocenters. The Morgan fingerprint density at radius 2 is 2.06 bits per heavy atom. The van der Waals surface area contributed by atoms with Crippen molar-refractivity contribution in [2.75, 3.05) is 17.2 Å². The average Bonchev–Trinajstić information content (AvgIpc) is 2.16. The third-order valence-electron chi connectivity index (χ3n) is 1.89. The molecule has 88 valence electrons. The second kappa shape index (κ2) is 6.05. The van der Waals surface area contributed by atoms with Gasteiger partial charge in [0.25, 0.3) is 0 Å². The first-order chi connectivity index (χ1) is 7.58. The summed E-state index contributed by atoms with van der Waals surface area (Å²) in [6, 6.07) is 2.17. The summed E-state index contributed by atoms with van der Waals surface area (Å²) < 4.78 is 0. The van der Waals surface area contributed by atoms with Crippen molar-refractivity contribution in [1.82, 2.24) is 9.97 Å². The molecule has 0 aliphatic rings. The fourth-order valence-electron chi connectivity index (χ4n) is 1.20. The largest absolute Gasteiger partial charge is 0.369 e. The first-order valence-electron chi connectivity index (χ1n) is 5.40. The van der Waals surface area contributed by atoms with Crippen LogP contribution in [0.3, 0.4) is 0 Å². The average molecular weight is 222 g/mol. The Hall–Kier alpha value is -1.65. The van der Waals surface area contributed by atoms with Gasteiger partial charge in [0.1, 0.15) is 23.7 Å². The molecule has 1 aromatic heterocycles. The number of Topliss-reactive ketones (excluding diaryl/α,β-unsaturated/α-hetero) is 1. The van der Waals surface area contributed by atoms with Gasteiger partial charge in [-0.05, 0) is 20.8 Å². The van der Waals surface area contributed by atoms with Crippen molar-refractivity contribution in [3.8, 4) is 0 Å². The predicted octanol–water partition coefficient (Wildman–Crippen LogP) is 1.69. The van der Waals surface area contributed by atoms with Gasteiger partial charge in [0.05, 0.1) is 0 Å². The molecule has 0 spiro atoms. The SMILES string of the molecule is CC(=O)CCNc1cc(NC(C)C)ncn1. The molecule has 0 aromatic carbocycles. The van der Waals surface area contributed by atoms with Crippen molar-refractivity contribution < 1.29 is 4.79 Å². The highest BCUT2D eigenvalue weighted by atomic mass is 16.1. The lowest BCUT2D eigenvalue weighted by Gasteiger charge is -2.10. The summed E-state index contributed by atoms with van der Waals surface area (Å²) in [6.07, 6.45) is 2.01. The lowest BCUT2D eigenvalue weighted by Crippen LogP contribution is -2.12. The number of carbonyl (C=O) groups excluding carboxylic acids is 1. The molecule has 1 aromatic rings. The molecule has 0 aliphatic heterocycles. The van der Waals surface area contributed by atoms with Gasteiger partial charge in [-0.25, -0.2) is 9.97 Å². The number of anilines is 2. The standard InChI is InChI=1S/C11H18N4O/c1-8(2)15-11-6-10(13-7-14-11)12-5-4-9(3)16/h6-8H,4-5H2,1-3H3,(H2,12,13,14,15). The van der Waals surface area contributed by atoms with Crippen LogP contribution in [0.5, 0.6) is 0 Å². The van der Waals surface area contributed by atoms with Crippen LogP contribution >= 0.6 is 0 Å². The van der Waals surface area contributed by atoms with E-state index in [9.17, 15) is 4.79 Å². The van der Waals surface area contributed by atoms with Gasteiger partial charge in [0, 0.05) is 25.1 Å². The Balaban J connectivity index is 2.50. The molecule has 0 aliphatic carbocycles. The molecule has 1 rings (SSSR count). The van der Waals surface area contributed by atoms with Crippen LogP contribution in [0.1, 0.15) is 27.2 Å². The molecule has 5 heteroatoms. The van der Waals surface area contributed by atoms with Crippen molar-refractivity contribution in [3.05, 3.63) is 12.4 Å². The van der Waals surface area contributed by atoms with Crippen LogP contribution in [0.4, 0.5) is 11.6 Å². The highest BCUT2D eigenvalue weighted by molar-refractivity contribution is 5.75. The number of nitrogens with one attached hydrogen (secondary N) is 2. The van der Waals surface area contributed by atoms with E-state index in [2.05, 4.69) is 20.6 Å². The molecule has 0 amide bonds. The number of rotatable bonds is 6. The quantitative estimate of drug-likeness (QED) is 0.766. The Labute approximate surface area is 95.7 Å². The van der Waals surface area contributed by atoms with Crippen LogP contribution in [0.2, 0.25) is 0 Å². The molecule has 2 N–H and O–H groups in total. The zero-order chi connectivity index (χ0) is 12.0. The lowest BCUT2D eigenvalue weighted by molar-refractivity contribution is -0.116. The summed E-state index contributed by atoms with van der Waals surface area (Å²) >= 11 is 0. The lowest BCUT2D eigenvalue weighted by atomic mass is 10.3. The van der Waals surface area contributed by atoms with Crippen molar-refractivity contribution >= 4 is 17.4 Å². The molecule has 5 nitrogen and oxygen atoms in total. The summed E-state index contributed by atoms with van der Waals surface area (Å²) in [6.45, 7) is 6.27. The van der Waals surface area contributed by atoms with Gasteiger partial charge >= 0.3 is 0 Å². The minimum absolute atomic E-state index is 0.169. The third-order valence-corrected chi connectivity index (χ3v) is 1.89. The van der Waals surface area contributed by atoms with Crippen molar-refractivity contribution in [2.45, 2.75) is 33.2 Å². The molecule has 0 saturated heterocycles. The van der Waals surface area contributed by atoms with Gasteiger partial charge in [0.15, 0.2) is 0 Å². The van der Waals surface area contributed by atoms with E-state index < -0.39 is 0 Å². The second-order valence-corrected chi connectivity index (χ2v) is 3.97. The molecular formula is C11H18N4O. The van der Waals surface area contributed by atoms with Crippen LogP contribution in [-0.4, -0.2) is 28.3 Å². The van der Waals surface area contributed by atoms with Crippen LogP contribution in [0.15, 0.2) is 12.4 Å². The topological polar surface area (TPSA) is 66.9 Å². The zero-order valence-corrected chi connectivity index (χ0v) is 9.95. The highest BCUT2D eigenvalue weighted by Gasteiger charge is 2.00. The van der Waals surface area contributed by atoms with E-state index in [0.29, 0.717) is 19.0 Å². The number of ketones is 1. The van der Waals surface area contributed by atoms with E-state index in [1.165, 1.54) is 6.33 Å².